The van der Waals surface area contributed by atoms with Crippen LogP contribution < -0.4 is 5.32 Å². The van der Waals surface area contributed by atoms with Crippen LogP contribution in [0, 0.1) is 10.1 Å². The summed E-state index contributed by atoms with van der Waals surface area (Å²) in [7, 11) is 0. The predicted octanol–water partition coefficient (Wildman–Crippen LogP) is 3.79. The molecule has 0 atom stereocenters. The maximum atomic E-state index is 11.0. The molecule has 0 saturated heterocycles. The highest BCUT2D eigenvalue weighted by molar-refractivity contribution is 8.00. The summed E-state index contributed by atoms with van der Waals surface area (Å²) in [5.74, 6) is 0. The van der Waals surface area contributed by atoms with Crippen LogP contribution in [0.2, 0.25) is 0 Å². The SMILES string of the molecule is CSC1(CNCCc2ccccc2[N+](=O)[O-])CCCCC1. The fourth-order valence-electron chi connectivity index (χ4n) is 3.09. The van der Waals surface area contributed by atoms with Gasteiger partial charge < -0.3 is 5.32 Å². The topological polar surface area (TPSA) is 55.2 Å². The van der Waals surface area contributed by atoms with Crippen molar-refractivity contribution in [2.24, 2.45) is 0 Å². The minimum absolute atomic E-state index is 0.233. The maximum absolute atomic E-state index is 11.0. The number of benzene rings is 1. The molecule has 5 heteroatoms. The molecule has 1 N–H and O–H groups in total. The molecule has 2 rings (SSSR count). The molecule has 0 amide bonds. The van der Waals surface area contributed by atoms with Gasteiger partial charge >= 0.3 is 0 Å². The van der Waals surface area contributed by atoms with E-state index in [1.54, 1.807) is 12.1 Å². The van der Waals surface area contributed by atoms with Gasteiger partial charge in [0.05, 0.1) is 4.92 Å². The number of rotatable bonds is 7. The number of nitrogens with one attached hydrogen (secondary N) is 1. The molecule has 0 spiro atoms. The Labute approximate surface area is 130 Å². The lowest BCUT2D eigenvalue weighted by molar-refractivity contribution is -0.385. The highest BCUT2D eigenvalue weighted by Gasteiger charge is 2.30. The quantitative estimate of drug-likeness (QED) is 0.473. The van der Waals surface area contributed by atoms with E-state index in [-0.39, 0.29) is 10.6 Å². The van der Waals surface area contributed by atoms with E-state index >= 15 is 0 Å². The van der Waals surface area contributed by atoms with Crippen LogP contribution in [0.3, 0.4) is 0 Å². The zero-order valence-corrected chi connectivity index (χ0v) is 13.5. The third-order valence-corrected chi connectivity index (χ3v) is 5.82. The summed E-state index contributed by atoms with van der Waals surface area (Å²) in [6.45, 7) is 1.81. The molecule has 1 aliphatic rings. The highest BCUT2D eigenvalue weighted by Crippen LogP contribution is 2.37. The third-order valence-electron chi connectivity index (χ3n) is 4.40. The molecule has 1 aromatic carbocycles. The van der Waals surface area contributed by atoms with Crippen molar-refractivity contribution in [1.29, 1.82) is 0 Å². The van der Waals surface area contributed by atoms with Gasteiger partial charge in [-0.15, -0.1) is 0 Å². The third kappa shape index (κ3) is 4.45. The van der Waals surface area contributed by atoms with Gasteiger partial charge in [0.15, 0.2) is 0 Å². The molecule has 4 nitrogen and oxygen atoms in total. The summed E-state index contributed by atoms with van der Waals surface area (Å²) in [5, 5.41) is 14.5. The molecule has 1 saturated carbocycles. The first-order valence-corrected chi connectivity index (χ1v) is 8.87. The Morgan fingerprint density at radius 2 is 2.00 bits per heavy atom. The van der Waals surface area contributed by atoms with Crippen molar-refractivity contribution >= 4 is 17.4 Å². The lowest BCUT2D eigenvalue weighted by Crippen LogP contribution is -2.40. The number of nitro benzene ring substituents is 1. The molecular formula is C16H24N2O2S. The summed E-state index contributed by atoms with van der Waals surface area (Å²) in [4.78, 5) is 10.7. The summed E-state index contributed by atoms with van der Waals surface area (Å²) in [6, 6.07) is 7.03. The van der Waals surface area contributed by atoms with Crippen LogP contribution in [0.15, 0.2) is 24.3 Å². The zero-order valence-electron chi connectivity index (χ0n) is 12.6. The van der Waals surface area contributed by atoms with Crippen molar-refractivity contribution in [2.75, 3.05) is 19.3 Å². The molecule has 1 fully saturated rings. The standard InChI is InChI=1S/C16H24N2O2S/c1-21-16(10-5-2-6-11-16)13-17-12-9-14-7-3-4-8-15(14)18(19)20/h3-4,7-8,17H,2,5-6,9-13H2,1H3. The second kappa shape index (κ2) is 7.80. The minimum atomic E-state index is -0.292. The van der Waals surface area contributed by atoms with Gasteiger partial charge in [0.1, 0.15) is 0 Å². The average molecular weight is 308 g/mol. The van der Waals surface area contributed by atoms with Crippen LogP contribution in [0.1, 0.15) is 37.7 Å². The number of thioether (sulfide) groups is 1. The number of para-hydroxylation sites is 1. The van der Waals surface area contributed by atoms with Gasteiger partial charge in [0, 0.05) is 22.9 Å². The van der Waals surface area contributed by atoms with Gasteiger partial charge in [-0.3, -0.25) is 10.1 Å². The Kier molecular flexibility index (Phi) is 6.06. The van der Waals surface area contributed by atoms with Crippen molar-refractivity contribution in [3.05, 3.63) is 39.9 Å². The normalized spacial score (nSPS) is 17.6. The second-order valence-electron chi connectivity index (χ2n) is 5.76. The zero-order chi connectivity index (χ0) is 15.1. The first-order valence-electron chi connectivity index (χ1n) is 7.65. The molecule has 0 bridgehead atoms. The first-order chi connectivity index (χ1) is 10.2. The van der Waals surface area contributed by atoms with Crippen molar-refractivity contribution in [2.45, 2.75) is 43.3 Å². The van der Waals surface area contributed by atoms with Gasteiger partial charge in [0.2, 0.25) is 0 Å². The molecule has 0 radical (unpaired) electrons. The fourth-order valence-corrected chi connectivity index (χ4v) is 4.03. The number of hydrogen-bond acceptors (Lipinski definition) is 4. The van der Waals surface area contributed by atoms with Crippen LogP contribution in [0.5, 0.6) is 0 Å². The van der Waals surface area contributed by atoms with Crippen molar-refractivity contribution in [3.63, 3.8) is 0 Å². The predicted molar refractivity (Wildman–Crippen MR) is 89.0 cm³/mol. The van der Waals surface area contributed by atoms with E-state index in [2.05, 4.69) is 11.6 Å². The van der Waals surface area contributed by atoms with E-state index in [1.165, 1.54) is 32.1 Å². The molecule has 0 heterocycles. The molecule has 0 aromatic heterocycles. The van der Waals surface area contributed by atoms with E-state index < -0.39 is 0 Å². The monoisotopic (exact) mass is 308 g/mol. The molecule has 0 aliphatic heterocycles. The van der Waals surface area contributed by atoms with Crippen LogP contribution in [-0.2, 0) is 6.42 Å². The lowest BCUT2D eigenvalue weighted by Gasteiger charge is -2.36. The Balaban J connectivity index is 1.83. The van der Waals surface area contributed by atoms with Crippen LogP contribution in [0.25, 0.3) is 0 Å². The average Bonchev–Trinajstić information content (AvgIpc) is 2.53. The molecule has 0 unspecified atom stereocenters. The number of hydrogen-bond donors (Lipinski definition) is 1. The van der Waals surface area contributed by atoms with Crippen molar-refractivity contribution in [1.82, 2.24) is 5.32 Å². The molecular weight excluding hydrogens is 284 g/mol. The summed E-state index contributed by atoms with van der Waals surface area (Å²) in [5.41, 5.74) is 1.05. The van der Waals surface area contributed by atoms with Gasteiger partial charge in [-0.05, 0) is 32.1 Å². The van der Waals surface area contributed by atoms with Crippen LogP contribution in [0.4, 0.5) is 5.69 Å². The lowest BCUT2D eigenvalue weighted by atomic mass is 9.88. The first kappa shape index (κ1) is 16.3. The van der Waals surface area contributed by atoms with Crippen LogP contribution in [-0.4, -0.2) is 29.0 Å². The van der Waals surface area contributed by atoms with E-state index in [0.717, 1.165) is 18.7 Å². The Morgan fingerprint density at radius 3 is 2.67 bits per heavy atom. The maximum Gasteiger partial charge on any atom is 0.272 e. The fraction of sp³-hybridized carbons (Fsp3) is 0.625. The number of nitro groups is 1. The summed E-state index contributed by atoms with van der Waals surface area (Å²) >= 11 is 1.98. The van der Waals surface area contributed by atoms with Crippen molar-refractivity contribution < 1.29 is 4.92 Å². The van der Waals surface area contributed by atoms with Gasteiger partial charge in [-0.2, -0.15) is 11.8 Å². The van der Waals surface area contributed by atoms with E-state index in [9.17, 15) is 10.1 Å². The summed E-state index contributed by atoms with van der Waals surface area (Å²) in [6.07, 6.45) is 9.49. The molecule has 1 aromatic rings. The van der Waals surface area contributed by atoms with E-state index in [0.29, 0.717) is 11.2 Å². The van der Waals surface area contributed by atoms with E-state index in [4.69, 9.17) is 0 Å². The molecule has 1 aliphatic carbocycles. The van der Waals surface area contributed by atoms with Gasteiger partial charge in [-0.1, -0.05) is 37.5 Å². The van der Waals surface area contributed by atoms with Gasteiger partial charge in [-0.25, -0.2) is 0 Å². The van der Waals surface area contributed by atoms with Crippen molar-refractivity contribution in [3.8, 4) is 0 Å². The molecule has 21 heavy (non-hydrogen) atoms. The van der Waals surface area contributed by atoms with Gasteiger partial charge in [0.25, 0.3) is 5.69 Å². The summed E-state index contributed by atoms with van der Waals surface area (Å²) < 4.78 is 0.376. The Hall–Kier alpha value is -1.07. The minimum Gasteiger partial charge on any atom is -0.315 e. The van der Waals surface area contributed by atoms with Crippen LogP contribution >= 0.6 is 11.8 Å². The number of nitrogens with zero attached hydrogens (tertiary/aromatic N) is 1. The Morgan fingerprint density at radius 1 is 1.29 bits per heavy atom. The smallest absolute Gasteiger partial charge is 0.272 e. The van der Waals surface area contributed by atoms with E-state index in [1.807, 2.05) is 23.9 Å². The Bertz CT molecular complexity index is 473. The largest absolute Gasteiger partial charge is 0.315 e. The second-order valence-corrected chi connectivity index (χ2v) is 7.03. The molecule has 116 valence electrons. The highest BCUT2D eigenvalue weighted by atomic mass is 32.2.